The van der Waals surface area contributed by atoms with Gasteiger partial charge in [0, 0.05) is 22.8 Å². The normalized spacial score (nSPS) is 14.9. The van der Waals surface area contributed by atoms with Crippen molar-refractivity contribution in [3.05, 3.63) is 64.4 Å². The fraction of sp³-hybridized carbons (Fsp3) is 0.273. The van der Waals surface area contributed by atoms with E-state index in [9.17, 15) is 19.1 Å². The second-order valence-electron chi connectivity index (χ2n) is 7.36. The Labute approximate surface area is 195 Å². The van der Waals surface area contributed by atoms with E-state index in [1.807, 2.05) is 0 Å². The van der Waals surface area contributed by atoms with Crippen LogP contribution in [-0.2, 0) is 16.2 Å². The zero-order chi connectivity index (χ0) is 24.0. The number of hydrogen-bond donors (Lipinski definition) is 2. The first-order valence-electron chi connectivity index (χ1n) is 9.99. The molecule has 0 saturated carbocycles. The van der Waals surface area contributed by atoms with E-state index in [0.717, 1.165) is 5.56 Å². The molecule has 33 heavy (non-hydrogen) atoms. The lowest BCUT2D eigenvalue weighted by Gasteiger charge is -2.35. The molecule has 9 nitrogen and oxygen atoms in total. The van der Waals surface area contributed by atoms with E-state index in [1.165, 1.54) is 42.2 Å². The van der Waals surface area contributed by atoms with Gasteiger partial charge in [-0.3, -0.25) is 9.69 Å². The van der Waals surface area contributed by atoms with Crippen LogP contribution in [0.3, 0.4) is 0 Å². The van der Waals surface area contributed by atoms with E-state index in [0.29, 0.717) is 10.7 Å². The Kier molecular flexibility index (Phi) is 7.83. The van der Waals surface area contributed by atoms with Crippen LogP contribution < -0.4 is 5.32 Å². The number of nitrogens with one attached hydrogen (secondary N) is 1. The number of amides is 2. The highest BCUT2D eigenvalue weighted by atomic mass is 35.5. The number of anilines is 1. The van der Waals surface area contributed by atoms with Gasteiger partial charge in [-0.15, -0.1) is 0 Å². The van der Waals surface area contributed by atoms with E-state index >= 15 is 0 Å². The molecule has 0 saturated heterocycles. The van der Waals surface area contributed by atoms with Gasteiger partial charge >= 0.3 is 12.0 Å². The van der Waals surface area contributed by atoms with E-state index in [2.05, 4.69) is 20.3 Å². The van der Waals surface area contributed by atoms with E-state index < -0.39 is 23.7 Å². The Hall–Kier alpha value is -3.66. The fourth-order valence-corrected chi connectivity index (χ4v) is 3.20. The number of carbonyl (C=O) groups excluding carboxylic acids is 1. The fourth-order valence-electron chi connectivity index (χ4n) is 3.07. The Morgan fingerprint density at radius 3 is 2.73 bits per heavy atom. The molecule has 3 rings (SSSR count). The largest absolute Gasteiger partial charge is 0.481 e. The standard InChI is InChI=1S/C22H23ClFN5O4/c1-14(20(30)31)11-28-13-25-21(27-18-8-5-16(10-26-33-2)19(24)9-18)29(22(28)32)12-15-3-6-17(23)7-4-15/h3-10,14H,11-13H2,1-2H3,(H,25,27)(H,30,31)/b26-10+/t14-/m0/s1. The summed E-state index contributed by atoms with van der Waals surface area (Å²) in [6, 6.07) is 10.9. The van der Waals surface area contributed by atoms with Gasteiger partial charge in [0.05, 0.1) is 18.7 Å². The van der Waals surface area contributed by atoms with Crippen LogP contribution in [-0.4, -0.2) is 59.4 Å². The lowest BCUT2D eigenvalue weighted by atomic mass is 10.1. The molecule has 0 aliphatic carbocycles. The van der Waals surface area contributed by atoms with E-state index in [4.69, 9.17) is 11.6 Å². The van der Waals surface area contributed by atoms with Gasteiger partial charge < -0.3 is 20.2 Å². The Bertz CT molecular complexity index is 1080. The molecule has 0 spiro atoms. The summed E-state index contributed by atoms with van der Waals surface area (Å²) < 4.78 is 14.4. The predicted octanol–water partition coefficient (Wildman–Crippen LogP) is 3.84. The number of urea groups is 1. The summed E-state index contributed by atoms with van der Waals surface area (Å²) in [5, 5.41) is 16.3. The molecule has 0 bridgehead atoms. The topological polar surface area (TPSA) is 107 Å². The smallest absolute Gasteiger partial charge is 0.328 e. The third-order valence-corrected chi connectivity index (χ3v) is 5.12. The highest BCUT2D eigenvalue weighted by Crippen LogP contribution is 2.20. The summed E-state index contributed by atoms with van der Waals surface area (Å²) in [5.74, 6) is -2.09. The Balaban J connectivity index is 1.86. The van der Waals surface area contributed by atoms with Crippen LogP contribution in [0, 0.1) is 11.7 Å². The average Bonchev–Trinajstić information content (AvgIpc) is 2.78. The van der Waals surface area contributed by atoms with Gasteiger partial charge in [-0.25, -0.2) is 14.2 Å². The molecule has 0 fully saturated rings. The van der Waals surface area contributed by atoms with Gasteiger partial charge in [-0.2, -0.15) is 0 Å². The summed E-state index contributed by atoms with van der Waals surface area (Å²) in [6.45, 7) is 1.65. The van der Waals surface area contributed by atoms with Crippen molar-refractivity contribution in [3.8, 4) is 0 Å². The molecule has 2 aromatic carbocycles. The molecule has 2 amide bonds. The van der Waals surface area contributed by atoms with Crippen LogP contribution in [0.25, 0.3) is 0 Å². The van der Waals surface area contributed by atoms with Gasteiger partial charge in [0.25, 0.3) is 0 Å². The summed E-state index contributed by atoms with van der Waals surface area (Å²) in [7, 11) is 1.36. The van der Waals surface area contributed by atoms with Gasteiger partial charge in [0.15, 0.2) is 0 Å². The third-order valence-electron chi connectivity index (χ3n) is 4.87. The number of aliphatic carboxylic acids is 1. The highest BCUT2D eigenvalue weighted by molar-refractivity contribution is 6.30. The molecule has 2 aromatic rings. The van der Waals surface area contributed by atoms with Crippen molar-refractivity contribution in [2.75, 3.05) is 25.6 Å². The summed E-state index contributed by atoms with van der Waals surface area (Å²) >= 11 is 5.96. The molecule has 0 radical (unpaired) electrons. The maximum atomic E-state index is 14.4. The zero-order valence-electron chi connectivity index (χ0n) is 18.0. The molecular formula is C22H23ClFN5O4. The number of carboxylic acid groups (broad SMARTS) is 1. The van der Waals surface area contributed by atoms with Crippen LogP contribution >= 0.6 is 11.6 Å². The third kappa shape index (κ3) is 6.19. The van der Waals surface area contributed by atoms with Crippen LogP contribution in [0.4, 0.5) is 14.9 Å². The van der Waals surface area contributed by atoms with Crippen molar-refractivity contribution < 1.29 is 23.9 Å². The second kappa shape index (κ2) is 10.8. The average molecular weight is 476 g/mol. The van der Waals surface area contributed by atoms with Gasteiger partial charge in [0.2, 0.25) is 5.96 Å². The molecule has 1 heterocycles. The van der Waals surface area contributed by atoms with Crippen molar-refractivity contribution in [2.45, 2.75) is 13.5 Å². The first kappa shape index (κ1) is 24.0. The minimum absolute atomic E-state index is 0.00419. The second-order valence-corrected chi connectivity index (χ2v) is 7.79. The lowest BCUT2D eigenvalue weighted by molar-refractivity contribution is -0.141. The molecule has 11 heteroatoms. The molecule has 0 aromatic heterocycles. The van der Waals surface area contributed by atoms with Crippen molar-refractivity contribution in [1.82, 2.24) is 9.80 Å². The summed E-state index contributed by atoms with van der Waals surface area (Å²) in [6.07, 6.45) is 1.25. The number of rotatable bonds is 8. The van der Waals surface area contributed by atoms with Crippen LogP contribution in [0.5, 0.6) is 0 Å². The zero-order valence-corrected chi connectivity index (χ0v) is 18.8. The number of oxime groups is 1. The highest BCUT2D eigenvalue weighted by Gasteiger charge is 2.31. The Morgan fingerprint density at radius 2 is 2.09 bits per heavy atom. The van der Waals surface area contributed by atoms with Crippen molar-refractivity contribution >= 4 is 41.5 Å². The molecule has 174 valence electrons. The predicted molar refractivity (Wildman–Crippen MR) is 123 cm³/mol. The molecule has 0 unspecified atom stereocenters. The molecule has 1 aliphatic rings. The van der Waals surface area contributed by atoms with Crippen molar-refractivity contribution in [3.63, 3.8) is 0 Å². The minimum atomic E-state index is -1.01. The van der Waals surface area contributed by atoms with Gasteiger partial charge in [-0.1, -0.05) is 35.8 Å². The first-order chi connectivity index (χ1) is 15.8. The van der Waals surface area contributed by atoms with Crippen LogP contribution in [0.1, 0.15) is 18.1 Å². The summed E-state index contributed by atoms with van der Waals surface area (Å²) in [5.41, 5.74) is 1.39. The Morgan fingerprint density at radius 1 is 1.36 bits per heavy atom. The molecule has 1 atom stereocenters. The molecule has 2 N–H and O–H groups in total. The van der Waals surface area contributed by atoms with Crippen molar-refractivity contribution in [2.24, 2.45) is 16.1 Å². The number of guanidine groups is 1. The number of nitrogens with zero attached hydrogens (tertiary/aromatic N) is 4. The number of aliphatic imine (C=N–C) groups is 1. The number of benzene rings is 2. The maximum absolute atomic E-state index is 14.4. The quantitative estimate of drug-likeness (QED) is 0.445. The number of halogens is 2. The number of carbonyl (C=O) groups is 2. The first-order valence-corrected chi connectivity index (χ1v) is 10.4. The van der Waals surface area contributed by atoms with Crippen LogP contribution in [0.15, 0.2) is 52.6 Å². The molecule has 1 aliphatic heterocycles. The maximum Gasteiger partial charge on any atom is 0.328 e. The van der Waals surface area contributed by atoms with E-state index in [1.54, 1.807) is 30.3 Å². The van der Waals surface area contributed by atoms with Crippen molar-refractivity contribution in [1.29, 1.82) is 0 Å². The minimum Gasteiger partial charge on any atom is -0.481 e. The van der Waals surface area contributed by atoms with Crippen LogP contribution in [0.2, 0.25) is 5.02 Å². The van der Waals surface area contributed by atoms with E-state index in [-0.39, 0.29) is 31.3 Å². The monoisotopic (exact) mass is 475 g/mol. The number of hydrogen-bond acceptors (Lipinski definition) is 6. The lowest BCUT2D eigenvalue weighted by Crippen LogP contribution is -2.53. The number of carboxylic acids is 1. The molecular weight excluding hydrogens is 453 g/mol. The van der Waals surface area contributed by atoms with Gasteiger partial charge in [-0.05, 0) is 35.9 Å². The van der Waals surface area contributed by atoms with Gasteiger partial charge in [0.1, 0.15) is 19.6 Å². The summed E-state index contributed by atoms with van der Waals surface area (Å²) in [4.78, 5) is 36.2. The SMILES string of the molecule is CO/N=C/c1ccc(NC2=NCN(C[C@H](C)C(=O)O)C(=O)N2Cc2ccc(Cl)cc2)cc1F.